The van der Waals surface area contributed by atoms with Crippen molar-refractivity contribution in [2.75, 3.05) is 0 Å². The molecule has 0 heterocycles. The molecule has 0 spiro atoms. The summed E-state index contributed by atoms with van der Waals surface area (Å²) in [7, 11) is -5.57. The van der Waals surface area contributed by atoms with Crippen molar-refractivity contribution in [1.29, 1.82) is 0 Å². The van der Waals surface area contributed by atoms with Crippen LogP contribution >= 0.6 is 96.3 Å². The van der Waals surface area contributed by atoms with E-state index < -0.39 is 32.6 Å². The lowest BCUT2D eigenvalue weighted by Crippen LogP contribution is -2.17. The molecule has 0 aromatic heterocycles. The highest BCUT2D eigenvalue weighted by Gasteiger charge is 2.31. The van der Waals surface area contributed by atoms with Crippen LogP contribution in [0.1, 0.15) is 0 Å². The Morgan fingerprint density at radius 1 is 0.219 bits per heavy atom. The van der Waals surface area contributed by atoms with Crippen molar-refractivity contribution in [3.05, 3.63) is 273 Å². The monoisotopic (exact) mass is 1280 g/mol. The maximum atomic E-state index is 7.39. The number of halogens is 4. The molecule has 13 heteroatoms. The lowest BCUT2D eigenvalue weighted by Gasteiger charge is -2.27. The minimum atomic E-state index is -1.45. The van der Waals surface area contributed by atoms with E-state index in [1.165, 1.54) is 0 Å². The van der Waals surface area contributed by atoms with Crippen molar-refractivity contribution >= 4 is 139 Å². The first-order valence-electron chi connectivity index (χ1n) is 22.9. The van der Waals surface area contributed by atoms with Gasteiger partial charge in [-0.15, -0.1) is 0 Å². The first kappa shape index (κ1) is 51.3. The van der Waals surface area contributed by atoms with E-state index in [0.717, 1.165) is 42.4 Å². The van der Waals surface area contributed by atoms with Crippen molar-refractivity contribution in [2.45, 2.75) is 0 Å². The number of benzene rings is 10. The Hall–Kier alpha value is -5.16. The van der Waals surface area contributed by atoms with E-state index in [1.807, 2.05) is 158 Å². The average Bonchev–Trinajstić information content (AvgIpc) is 3.46. The Balaban J connectivity index is 1.16. The van der Waals surface area contributed by atoms with Gasteiger partial charge in [-0.05, 0) is 63.7 Å². The van der Waals surface area contributed by atoms with Gasteiger partial charge < -0.3 is 22.8 Å². The van der Waals surface area contributed by atoms with E-state index in [1.54, 1.807) is 0 Å². The van der Waals surface area contributed by atoms with Crippen LogP contribution in [0.3, 0.4) is 0 Å². The van der Waals surface area contributed by atoms with Gasteiger partial charge in [-0.2, -0.15) is 0 Å². The molecule has 0 N–H and O–H groups in total. The summed E-state index contributed by atoms with van der Waals surface area (Å²) in [6.07, 6.45) is 0. The normalized spacial score (nSPS) is 11.2. The lowest BCUT2D eigenvalue weighted by molar-refractivity contribution is 0.429. The Labute approximate surface area is 464 Å². The third-order valence-corrected chi connectivity index (χ3v) is 22.9. The molecular formula is C60H42Br4O5P4. The molecule has 10 rings (SSSR count). The van der Waals surface area contributed by atoms with Crippen molar-refractivity contribution in [3.63, 3.8) is 0 Å². The molecule has 0 aliphatic carbocycles. The molecule has 10 aromatic carbocycles. The second-order valence-corrected chi connectivity index (χ2v) is 26.4. The van der Waals surface area contributed by atoms with Crippen LogP contribution in [0.5, 0.6) is 34.5 Å². The number of rotatable bonds is 18. The first-order valence-corrected chi connectivity index (χ1v) is 31.2. The molecule has 0 unspecified atom stereocenters. The molecule has 73 heavy (non-hydrogen) atoms. The Morgan fingerprint density at radius 3 is 0.589 bits per heavy atom. The highest BCUT2D eigenvalue weighted by molar-refractivity contribution is 9.13. The van der Waals surface area contributed by atoms with Crippen molar-refractivity contribution in [1.82, 2.24) is 0 Å². The van der Waals surface area contributed by atoms with Gasteiger partial charge in [-0.3, -0.25) is 0 Å². The third kappa shape index (κ3) is 12.4. The number of hydrogen-bond donors (Lipinski definition) is 0. The molecule has 0 amide bonds. The standard InChI is InChI=1S/C60H42Br4O5P4/c61-55-51(66-70(43-25-9-1-10-26-43)44-27-11-2-12-28-44)41-53(68-72(47-33-17-5-18-34-47)48-35-19-6-20-36-48)59(57(55)63)65-60-54(69-73(49-37-21-7-22-38-49)50-39-23-8-24-40-50)42-52(56(62)58(60)64)67-71(45-29-13-3-14-30-45)46-31-15-4-16-32-46/h1-42H. The Bertz CT molecular complexity index is 2990. The first-order chi connectivity index (χ1) is 35.9. The van der Waals surface area contributed by atoms with Gasteiger partial charge in [0.05, 0.1) is 17.9 Å². The SMILES string of the molecule is Brc1c(OP(c2ccccc2)c2ccccc2)cc(OP(c2ccccc2)c2ccccc2)c(Oc2c(OP(c3ccccc3)c3ccccc3)cc(OP(c3ccccc3)c3ccccc3)c(Br)c2Br)c1Br. The van der Waals surface area contributed by atoms with Crippen LogP contribution in [0.4, 0.5) is 0 Å². The molecule has 10 aromatic rings. The average molecular weight is 1290 g/mol. The zero-order valence-corrected chi connectivity index (χ0v) is 48.5. The highest BCUT2D eigenvalue weighted by Crippen LogP contribution is 2.58. The molecule has 0 bridgehead atoms. The molecule has 0 radical (unpaired) electrons. The minimum Gasteiger partial charge on any atom is -0.463 e. The third-order valence-electron chi connectivity index (χ3n) is 11.1. The summed E-state index contributed by atoms with van der Waals surface area (Å²) in [5.74, 6) is 2.81. The second kappa shape index (κ2) is 24.9. The molecule has 0 aliphatic heterocycles. The van der Waals surface area contributed by atoms with Gasteiger partial charge in [0.1, 0.15) is 11.5 Å². The van der Waals surface area contributed by atoms with Gasteiger partial charge in [0.2, 0.25) is 0 Å². The van der Waals surface area contributed by atoms with E-state index in [2.05, 4.69) is 161 Å². The molecule has 0 atom stereocenters. The van der Waals surface area contributed by atoms with Crippen LogP contribution in [0.25, 0.3) is 0 Å². The molecule has 0 aliphatic rings. The zero-order valence-electron chi connectivity index (χ0n) is 38.6. The highest BCUT2D eigenvalue weighted by atomic mass is 79.9. The fourth-order valence-electron chi connectivity index (χ4n) is 7.61. The number of ether oxygens (including phenoxy) is 1. The molecule has 0 saturated carbocycles. The van der Waals surface area contributed by atoms with Gasteiger partial charge in [0.25, 0.3) is 0 Å². The van der Waals surface area contributed by atoms with Crippen molar-refractivity contribution in [2.24, 2.45) is 0 Å². The molecule has 360 valence electrons. The summed E-state index contributed by atoms with van der Waals surface area (Å²) in [6.45, 7) is 0. The summed E-state index contributed by atoms with van der Waals surface area (Å²) < 4.78 is 39.0. The summed E-state index contributed by atoms with van der Waals surface area (Å²) in [6, 6.07) is 86.2. The van der Waals surface area contributed by atoms with Crippen molar-refractivity contribution in [3.8, 4) is 34.5 Å². The quantitative estimate of drug-likeness (QED) is 0.0801. The molecule has 0 saturated heterocycles. The van der Waals surface area contributed by atoms with E-state index in [-0.39, 0.29) is 0 Å². The van der Waals surface area contributed by atoms with E-state index >= 15 is 0 Å². The summed E-state index contributed by atoms with van der Waals surface area (Å²) in [5.41, 5.74) is 0. The van der Waals surface area contributed by atoms with Gasteiger partial charge in [-0.1, -0.05) is 243 Å². The van der Waals surface area contributed by atoms with E-state index in [0.29, 0.717) is 52.4 Å². The zero-order chi connectivity index (χ0) is 49.9. The van der Waals surface area contributed by atoms with Crippen LogP contribution in [-0.2, 0) is 0 Å². The topological polar surface area (TPSA) is 46.2 Å². The summed E-state index contributed by atoms with van der Waals surface area (Å²) in [5, 5.41) is 8.30. The van der Waals surface area contributed by atoms with Gasteiger partial charge in [-0.25, -0.2) is 0 Å². The fraction of sp³-hybridized carbons (Fsp3) is 0. The smallest absolute Gasteiger partial charge is 0.185 e. The summed E-state index contributed by atoms with van der Waals surface area (Å²) in [4.78, 5) is 0. The lowest BCUT2D eigenvalue weighted by atomic mass is 10.2. The number of hydrogen-bond acceptors (Lipinski definition) is 5. The molecule has 5 nitrogen and oxygen atoms in total. The summed E-state index contributed by atoms with van der Waals surface area (Å²) >= 11 is 16.0. The predicted molar refractivity (Wildman–Crippen MR) is 323 cm³/mol. The van der Waals surface area contributed by atoms with E-state index in [4.69, 9.17) is 22.8 Å². The van der Waals surface area contributed by atoms with Gasteiger partial charge >= 0.3 is 0 Å². The van der Waals surface area contributed by atoms with E-state index in [9.17, 15) is 0 Å². The van der Waals surface area contributed by atoms with Crippen LogP contribution in [0.2, 0.25) is 0 Å². The van der Waals surface area contributed by atoms with Gasteiger partial charge in [0.15, 0.2) is 55.6 Å². The Kier molecular flexibility index (Phi) is 17.5. The minimum absolute atomic E-state index is 0.396. The molecule has 0 fully saturated rings. The van der Waals surface area contributed by atoms with Crippen LogP contribution < -0.4 is 65.3 Å². The fourth-order valence-corrected chi connectivity index (χ4v) is 16.5. The maximum absolute atomic E-state index is 7.39. The van der Waals surface area contributed by atoms with Gasteiger partial charge in [0, 0.05) is 54.6 Å². The van der Waals surface area contributed by atoms with Crippen LogP contribution in [0, 0.1) is 0 Å². The predicted octanol–water partition coefficient (Wildman–Crippen LogP) is 16.2. The van der Waals surface area contributed by atoms with Crippen LogP contribution in [0.15, 0.2) is 273 Å². The largest absolute Gasteiger partial charge is 0.463 e. The molecular weight excluding hydrogens is 1240 g/mol. The van der Waals surface area contributed by atoms with Crippen LogP contribution in [-0.4, -0.2) is 0 Å². The second-order valence-electron chi connectivity index (χ2n) is 16.0. The maximum Gasteiger partial charge on any atom is 0.185 e. The van der Waals surface area contributed by atoms with Crippen molar-refractivity contribution < 1.29 is 22.8 Å². The Morgan fingerprint density at radius 2 is 0.397 bits per heavy atom.